The van der Waals surface area contributed by atoms with Gasteiger partial charge in [0.25, 0.3) is 0 Å². The van der Waals surface area contributed by atoms with Gasteiger partial charge in [0.1, 0.15) is 0 Å². The number of carbonyl (C=O) groups is 1. The van der Waals surface area contributed by atoms with Gasteiger partial charge in [0.05, 0.1) is 5.92 Å². The van der Waals surface area contributed by atoms with Crippen LogP contribution in [0, 0.1) is 0 Å². The Morgan fingerprint density at radius 3 is 2.25 bits per heavy atom. The van der Waals surface area contributed by atoms with Crippen molar-refractivity contribution in [2.24, 2.45) is 0 Å². The summed E-state index contributed by atoms with van der Waals surface area (Å²) in [5.41, 5.74) is 0.888. The first-order valence-corrected chi connectivity index (χ1v) is 4.31. The van der Waals surface area contributed by atoms with Crippen molar-refractivity contribution in [3.8, 4) is 0 Å². The Hall–Kier alpha value is -0.530. The maximum Gasteiger partial charge on any atom is 0.228 e. The van der Waals surface area contributed by atoms with Gasteiger partial charge in [-0.1, -0.05) is 30.7 Å². The number of benzene rings is 1. The molecule has 3 heteroatoms. The normalized spacial score (nSPS) is 12.6. The smallest absolute Gasteiger partial charge is 0.228 e. The van der Waals surface area contributed by atoms with Gasteiger partial charge in [0, 0.05) is 5.02 Å². The van der Waals surface area contributed by atoms with E-state index in [1.165, 1.54) is 0 Å². The highest BCUT2D eigenvalue weighted by Gasteiger charge is 2.11. The van der Waals surface area contributed by atoms with Crippen molar-refractivity contribution in [3.63, 3.8) is 0 Å². The average Bonchev–Trinajstić information content (AvgIpc) is 2.04. The number of carbonyl (C=O) groups excluding carboxylic acids is 1. The quantitative estimate of drug-likeness (QED) is 0.674. The van der Waals surface area contributed by atoms with E-state index < -0.39 is 0 Å². The van der Waals surface area contributed by atoms with Crippen LogP contribution >= 0.6 is 23.2 Å². The minimum atomic E-state index is -0.350. The highest BCUT2D eigenvalue weighted by molar-refractivity contribution is 6.64. The van der Waals surface area contributed by atoms with Crippen molar-refractivity contribution >= 4 is 28.4 Å². The molecule has 0 N–H and O–H groups in total. The molecule has 1 aromatic carbocycles. The molecule has 0 bridgehead atoms. The van der Waals surface area contributed by atoms with Crippen LogP contribution in [0.3, 0.4) is 0 Å². The Morgan fingerprint density at radius 2 is 1.83 bits per heavy atom. The number of hydrogen-bond acceptors (Lipinski definition) is 1. The minimum Gasteiger partial charge on any atom is -0.281 e. The standard InChI is InChI=1S/C9H8Cl2O/c1-6(9(11)12)7-2-4-8(10)5-3-7/h2-6H,1H3/t6-/m0/s1. The van der Waals surface area contributed by atoms with E-state index in [0.717, 1.165) is 5.56 Å². The minimum absolute atomic E-state index is 0.260. The summed E-state index contributed by atoms with van der Waals surface area (Å²) in [6.45, 7) is 1.76. The van der Waals surface area contributed by atoms with Crippen molar-refractivity contribution in [1.29, 1.82) is 0 Å². The van der Waals surface area contributed by atoms with Crippen LogP contribution in [0.15, 0.2) is 24.3 Å². The van der Waals surface area contributed by atoms with E-state index in [0.29, 0.717) is 5.02 Å². The zero-order valence-corrected chi connectivity index (χ0v) is 8.06. The average molecular weight is 203 g/mol. The van der Waals surface area contributed by atoms with E-state index in [-0.39, 0.29) is 11.2 Å². The van der Waals surface area contributed by atoms with E-state index in [2.05, 4.69) is 0 Å². The first-order chi connectivity index (χ1) is 5.61. The van der Waals surface area contributed by atoms with Crippen LogP contribution in [0.2, 0.25) is 5.02 Å². The molecule has 0 fully saturated rings. The largest absolute Gasteiger partial charge is 0.281 e. The number of rotatable bonds is 2. The van der Waals surface area contributed by atoms with E-state index >= 15 is 0 Å². The van der Waals surface area contributed by atoms with Gasteiger partial charge in [-0.2, -0.15) is 0 Å². The topological polar surface area (TPSA) is 17.1 Å². The third-order valence-electron chi connectivity index (χ3n) is 1.71. The first-order valence-electron chi connectivity index (χ1n) is 3.56. The Morgan fingerprint density at radius 1 is 1.33 bits per heavy atom. The first kappa shape index (κ1) is 9.56. The molecular formula is C9H8Cl2O. The summed E-state index contributed by atoms with van der Waals surface area (Å²) in [6, 6.07) is 7.08. The van der Waals surface area contributed by atoms with Gasteiger partial charge in [0.15, 0.2) is 0 Å². The van der Waals surface area contributed by atoms with Crippen molar-refractivity contribution in [2.45, 2.75) is 12.8 Å². The highest BCUT2D eigenvalue weighted by atomic mass is 35.5. The lowest BCUT2D eigenvalue weighted by atomic mass is 10.0. The van der Waals surface area contributed by atoms with Crippen molar-refractivity contribution in [2.75, 3.05) is 0 Å². The third kappa shape index (κ3) is 2.23. The molecule has 0 aliphatic heterocycles. The molecule has 1 nitrogen and oxygen atoms in total. The molecule has 0 aliphatic carbocycles. The second-order valence-electron chi connectivity index (χ2n) is 2.58. The van der Waals surface area contributed by atoms with Gasteiger partial charge in [-0.3, -0.25) is 4.79 Å². The second kappa shape index (κ2) is 3.92. The molecule has 1 rings (SSSR count). The molecular weight excluding hydrogens is 195 g/mol. The van der Waals surface area contributed by atoms with Crippen LogP contribution in [-0.4, -0.2) is 5.24 Å². The summed E-state index contributed by atoms with van der Waals surface area (Å²) in [5, 5.41) is 0.310. The SMILES string of the molecule is C[C@H](C(=O)Cl)c1ccc(Cl)cc1. The Balaban J connectivity index is 2.89. The molecule has 0 saturated carbocycles. The molecule has 64 valence electrons. The molecule has 0 spiro atoms. The summed E-state index contributed by atoms with van der Waals surface area (Å²) in [6.07, 6.45) is 0. The zero-order chi connectivity index (χ0) is 9.14. The summed E-state index contributed by atoms with van der Waals surface area (Å²) < 4.78 is 0. The maximum absolute atomic E-state index is 10.8. The number of hydrogen-bond donors (Lipinski definition) is 0. The number of halogens is 2. The van der Waals surface area contributed by atoms with E-state index in [9.17, 15) is 4.79 Å². The molecule has 0 aliphatic rings. The molecule has 12 heavy (non-hydrogen) atoms. The summed E-state index contributed by atoms with van der Waals surface area (Å²) >= 11 is 11.0. The van der Waals surface area contributed by atoms with E-state index in [4.69, 9.17) is 23.2 Å². The van der Waals surface area contributed by atoms with Crippen LogP contribution in [0.1, 0.15) is 18.4 Å². The van der Waals surface area contributed by atoms with E-state index in [1.807, 2.05) is 0 Å². The lowest BCUT2D eigenvalue weighted by Crippen LogP contribution is -2.00. The molecule has 0 heterocycles. The highest BCUT2D eigenvalue weighted by Crippen LogP contribution is 2.19. The molecule has 0 radical (unpaired) electrons. The van der Waals surface area contributed by atoms with Crippen molar-refractivity contribution in [3.05, 3.63) is 34.9 Å². The fraction of sp³-hybridized carbons (Fsp3) is 0.222. The van der Waals surface area contributed by atoms with Gasteiger partial charge in [-0.25, -0.2) is 0 Å². The molecule has 0 amide bonds. The monoisotopic (exact) mass is 202 g/mol. The van der Waals surface area contributed by atoms with Gasteiger partial charge < -0.3 is 0 Å². The molecule has 0 aromatic heterocycles. The lowest BCUT2D eigenvalue weighted by molar-refractivity contribution is -0.112. The van der Waals surface area contributed by atoms with Crippen LogP contribution in [0.5, 0.6) is 0 Å². The summed E-state index contributed by atoms with van der Waals surface area (Å²) in [7, 11) is 0. The Kier molecular flexibility index (Phi) is 3.12. The predicted molar refractivity (Wildman–Crippen MR) is 50.7 cm³/mol. The van der Waals surface area contributed by atoms with Crippen molar-refractivity contribution < 1.29 is 4.79 Å². The zero-order valence-electron chi connectivity index (χ0n) is 6.55. The van der Waals surface area contributed by atoms with Gasteiger partial charge >= 0.3 is 0 Å². The van der Waals surface area contributed by atoms with Crippen LogP contribution in [0.25, 0.3) is 0 Å². The summed E-state index contributed by atoms with van der Waals surface area (Å²) in [5.74, 6) is -0.260. The fourth-order valence-electron chi connectivity index (χ4n) is 0.882. The fourth-order valence-corrected chi connectivity index (χ4v) is 1.13. The molecule has 0 saturated heterocycles. The third-order valence-corrected chi connectivity index (χ3v) is 2.29. The second-order valence-corrected chi connectivity index (χ2v) is 3.39. The van der Waals surface area contributed by atoms with Gasteiger partial charge in [0.2, 0.25) is 5.24 Å². The van der Waals surface area contributed by atoms with Gasteiger partial charge in [-0.05, 0) is 29.3 Å². The Labute approximate surface area is 81.3 Å². The molecule has 1 atom stereocenters. The molecule has 0 unspecified atom stereocenters. The van der Waals surface area contributed by atoms with Crippen molar-refractivity contribution in [1.82, 2.24) is 0 Å². The molecule has 1 aromatic rings. The van der Waals surface area contributed by atoms with Crippen LogP contribution in [-0.2, 0) is 4.79 Å². The van der Waals surface area contributed by atoms with E-state index in [1.54, 1.807) is 31.2 Å². The summed E-state index contributed by atoms with van der Waals surface area (Å²) in [4.78, 5) is 10.8. The van der Waals surface area contributed by atoms with Gasteiger partial charge in [-0.15, -0.1) is 0 Å². The van der Waals surface area contributed by atoms with Crippen LogP contribution in [0.4, 0.5) is 0 Å². The Bertz CT molecular complexity index is 279. The lowest BCUT2D eigenvalue weighted by Gasteiger charge is -2.05. The van der Waals surface area contributed by atoms with Crippen LogP contribution < -0.4 is 0 Å². The maximum atomic E-state index is 10.8. The predicted octanol–water partition coefficient (Wildman–Crippen LogP) is 3.21.